The summed E-state index contributed by atoms with van der Waals surface area (Å²) in [6, 6.07) is 59.8. The monoisotopic (exact) mass is 974 g/mol. The average molecular weight is 974 g/mol. The van der Waals surface area contributed by atoms with Crippen molar-refractivity contribution in [1.29, 1.82) is 0 Å². The van der Waals surface area contributed by atoms with Gasteiger partial charge in [-0.2, -0.15) is 0 Å². The van der Waals surface area contributed by atoms with E-state index in [1.165, 1.54) is 38.2 Å². The molecule has 299 valence electrons. The number of furan rings is 1. The van der Waals surface area contributed by atoms with Crippen molar-refractivity contribution in [2.45, 2.75) is 52.8 Å². The second-order valence-corrected chi connectivity index (χ2v) is 22.5. The summed E-state index contributed by atoms with van der Waals surface area (Å²) in [6.45, 7) is 15.9. The topological polar surface area (TPSA) is 43.9 Å². The molecular weight excluding hydrogens is 927 g/mol. The summed E-state index contributed by atoms with van der Waals surface area (Å²) in [4.78, 5) is 9.84. The van der Waals surface area contributed by atoms with Crippen LogP contribution in [0.25, 0.3) is 83.2 Å². The van der Waals surface area contributed by atoms with Gasteiger partial charge in [-0.25, -0.2) is 0 Å². The van der Waals surface area contributed by atoms with Gasteiger partial charge < -0.3 is 14.0 Å². The van der Waals surface area contributed by atoms with Crippen molar-refractivity contribution in [3.05, 3.63) is 181 Å². The molecular formula is C54H47IrN3OSi-2. The van der Waals surface area contributed by atoms with Crippen molar-refractivity contribution in [2.24, 2.45) is 0 Å². The van der Waals surface area contributed by atoms with E-state index in [0.717, 1.165) is 61.3 Å². The van der Waals surface area contributed by atoms with Gasteiger partial charge in [0.25, 0.3) is 0 Å². The number of imidazole rings is 1. The van der Waals surface area contributed by atoms with Crippen LogP contribution in [-0.2, 0) is 25.5 Å². The summed E-state index contributed by atoms with van der Waals surface area (Å²) in [5.41, 5.74) is 12.5. The first-order chi connectivity index (χ1) is 28.4. The van der Waals surface area contributed by atoms with Gasteiger partial charge in [0.15, 0.2) is 0 Å². The molecule has 3 heterocycles. The molecule has 60 heavy (non-hydrogen) atoms. The number of fused-ring (bicyclic) bond motifs is 5. The Morgan fingerprint density at radius 2 is 1.40 bits per heavy atom. The number of rotatable bonds is 5. The molecule has 0 atom stereocenters. The smallest absolute Gasteiger partial charge is 0.121 e. The van der Waals surface area contributed by atoms with E-state index in [9.17, 15) is 0 Å². The Hall–Kier alpha value is -5.91. The van der Waals surface area contributed by atoms with Crippen LogP contribution in [0.1, 0.15) is 31.9 Å². The van der Waals surface area contributed by atoms with Gasteiger partial charge in [0.05, 0.1) is 30.5 Å². The van der Waals surface area contributed by atoms with E-state index in [4.69, 9.17) is 9.40 Å². The molecule has 0 N–H and O–H groups in total. The van der Waals surface area contributed by atoms with Gasteiger partial charge in [-0.3, -0.25) is 4.98 Å². The molecule has 0 bridgehead atoms. The Labute approximate surface area is 367 Å². The fraction of sp³-hybridized carbons (Fsp3) is 0.148. The largest absolute Gasteiger partial charge is 0.501 e. The molecule has 0 saturated heterocycles. The molecule has 3 aromatic heterocycles. The average Bonchev–Trinajstić information content (AvgIpc) is 3.81. The fourth-order valence-electron chi connectivity index (χ4n) is 7.86. The standard InChI is InChI=1S/C36H29N2O.C18H18NSi.Ir/c1-23-17-19-26-27-13-10-14-28(34(27)39-33(26)21-23)35-37-30-15-8-9-16-32(30)38(35)31-20-18-25(36(2,3)4)22-29(31)24-11-6-5-7-12-24;1-20(2,3)15-11-12-18(19-13-15)17-10-6-8-14-7-4-5-9-16(14)17;/h5-13,15-22H,1-4H3;4-9,11-13H,1-3H3;/q2*-1;. The number of hydrogen-bond donors (Lipinski definition) is 0. The first-order valence-corrected chi connectivity index (χ1v) is 23.8. The molecule has 0 aliphatic carbocycles. The maximum Gasteiger partial charge on any atom is 0.121 e. The van der Waals surface area contributed by atoms with Crippen LogP contribution in [0.5, 0.6) is 0 Å². The van der Waals surface area contributed by atoms with E-state index in [1.807, 2.05) is 24.4 Å². The number of pyridine rings is 1. The second-order valence-electron chi connectivity index (χ2n) is 17.4. The van der Waals surface area contributed by atoms with Crippen LogP contribution >= 0.6 is 0 Å². The molecule has 0 aliphatic rings. The van der Waals surface area contributed by atoms with Crippen LogP contribution in [0.2, 0.25) is 19.6 Å². The number of benzene rings is 7. The van der Waals surface area contributed by atoms with Crippen molar-refractivity contribution in [3.63, 3.8) is 0 Å². The van der Waals surface area contributed by atoms with Gasteiger partial charge in [0, 0.05) is 42.9 Å². The van der Waals surface area contributed by atoms with E-state index in [2.05, 4.69) is 202 Å². The molecule has 0 fully saturated rings. The van der Waals surface area contributed by atoms with Gasteiger partial charge >= 0.3 is 0 Å². The van der Waals surface area contributed by atoms with E-state index in [0.29, 0.717) is 0 Å². The van der Waals surface area contributed by atoms with Gasteiger partial charge in [0.1, 0.15) is 5.58 Å². The summed E-state index contributed by atoms with van der Waals surface area (Å²) in [7, 11) is -1.28. The Bertz CT molecular complexity index is 3130. The first kappa shape index (κ1) is 40.8. The fourth-order valence-corrected chi connectivity index (χ4v) is 8.89. The minimum atomic E-state index is -1.28. The predicted octanol–water partition coefficient (Wildman–Crippen LogP) is 13.9. The zero-order valence-corrected chi connectivity index (χ0v) is 38.5. The zero-order valence-electron chi connectivity index (χ0n) is 35.1. The van der Waals surface area contributed by atoms with Crippen molar-refractivity contribution in [3.8, 4) is 39.5 Å². The van der Waals surface area contributed by atoms with Crippen LogP contribution in [0.4, 0.5) is 0 Å². The Kier molecular flexibility index (Phi) is 11.1. The molecule has 10 aromatic rings. The number of hydrogen-bond acceptors (Lipinski definition) is 3. The Morgan fingerprint density at radius 3 is 2.17 bits per heavy atom. The molecule has 4 nitrogen and oxygen atoms in total. The van der Waals surface area contributed by atoms with Crippen molar-refractivity contribution in [2.75, 3.05) is 0 Å². The van der Waals surface area contributed by atoms with Gasteiger partial charge in [-0.15, -0.1) is 47.3 Å². The van der Waals surface area contributed by atoms with Crippen LogP contribution in [0.15, 0.2) is 162 Å². The van der Waals surface area contributed by atoms with Crippen molar-refractivity contribution in [1.82, 2.24) is 14.5 Å². The summed E-state index contributed by atoms with van der Waals surface area (Å²) in [5.74, 6) is 0.818. The zero-order chi connectivity index (χ0) is 40.9. The third-order valence-corrected chi connectivity index (χ3v) is 13.2. The number of para-hydroxylation sites is 2. The van der Waals surface area contributed by atoms with Crippen molar-refractivity contribution < 1.29 is 24.5 Å². The maximum absolute atomic E-state index is 6.50. The first-order valence-electron chi connectivity index (χ1n) is 20.3. The van der Waals surface area contributed by atoms with Gasteiger partial charge in [-0.1, -0.05) is 154 Å². The number of nitrogens with zero attached hydrogens (tertiary/aromatic N) is 3. The maximum atomic E-state index is 6.50. The predicted molar refractivity (Wildman–Crippen MR) is 250 cm³/mol. The summed E-state index contributed by atoms with van der Waals surface area (Å²) < 4.78 is 8.77. The molecule has 0 unspecified atom stereocenters. The molecule has 0 saturated carbocycles. The van der Waals surface area contributed by atoms with E-state index in [1.54, 1.807) is 0 Å². The van der Waals surface area contributed by atoms with E-state index in [-0.39, 0.29) is 25.5 Å². The van der Waals surface area contributed by atoms with Crippen LogP contribution < -0.4 is 5.19 Å². The summed E-state index contributed by atoms with van der Waals surface area (Å²) in [5, 5.41) is 6.01. The summed E-state index contributed by atoms with van der Waals surface area (Å²) >= 11 is 0. The Balaban J connectivity index is 0.000000200. The summed E-state index contributed by atoms with van der Waals surface area (Å²) in [6.07, 6.45) is 2.04. The Morgan fingerprint density at radius 1 is 0.667 bits per heavy atom. The number of aromatic nitrogens is 3. The van der Waals surface area contributed by atoms with E-state index >= 15 is 0 Å². The van der Waals surface area contributed by atoms with Gasteiger partial charge in [-0.05, 0) is 70.2 Å². The van der Waals surface area contributed by atoms with Gasteiger partial charge in [0.2, 0.25) is 0 Å². The minimum Gasteiger partial charge on any atom is -0.501 e. The molecule has 7 aromatic carbocycles. The quantitative estimate of drug-likeness (QED) is 0.127. The normalized spacial score (nSPS) is 11.8. The molecule has 1 radical (unpaired) electrons. The van der Waals surface area contributed by atoms with Crippen LogP contribution in [0.3, 0.4) is 0 Å². The molecule has 0 amide bonds. The van der Waals surface area contributed by atoms with E-state index < -0.39 is 8.07 Å². The van der Waals surface area contributed by atoms with Crippen molar-refractivity contribution >= 4 is 57.0 Å². The number of aryl methyl sites for hydroxylation is 1. The molecule has 0 spiro atoms. The van der Waals surface area contributed by atoms with Crippen LogP contribution in [0, 0.1) is 19.1 Å². The molecule has 10 rings (SSSR count). The van der Waals surface area contributed by atoms with Crippen LogP contribution in [-0.4, -0.2) is 22.6 Å². The minimum absolute atomic E-state index is 0. The SMILES string of the molecule is C[Si](C)(C)c1ccc(-c2[c-]ccc3ccccc23)nc1.Cc1ccc2c(c1)oc1c(-c3nc4ccccc4n3-c3ccc(C(C)(C)C)cc3-c3ccccc3)[c-]ccc12.[Ir]. The molecule has 0 aliphatic heterocycles. The third kappa shape index (κ3) is 7.79. The third-order valence-electron chi connectivity index (χ3n) is 11.2. The molecule has 6 heteroatoms. The second kappa shape index (κ2) is 16.3.